The summed E-state index contributed by atoms with van der Waals surface area (Å²) in [6.07, 6.45) is 0.257. The number of hydrogen-bond donors (Lipinski definition) is 2. The van der Waals surface area contributed by atoms with Gasteiger partial charge in [-0.25, -0.2) is 0 Å². The molecule has 0 aliphatic rings. The van der Waals surface area contributed by atoms with E-state index in [0.29, 0.717) is 35.0 Å². The molecule has 2 N–H and O–H groups in total. The van der Waals surface area contributed by atoms with E-state index in [2.05, 4.69) is 16.7 Å². The monoisotopic (exact) mass is 355 g/mol. The summed E-state index contributed by atoms with van der Waals surface area (Å²) < 4.78 is 15.8. The van der Waals surface area contributed by atoms with Gasteiger partial charge >= 0.3 is 0 Å². The zero-order valence-corrected chi connectivity index (χ0v) is 15.0. The van der Waals surface area contributed by atoms with Crippen molar-refractivity contribution in [2.24, 2.45) is 0 Å². The number of ether oxygens (including phenoxy) is 3. The maximum Gasteiger partial charge on any atom is 0.226 e. The molecule has 2 aromatic rings. The number of carbonyl (C=O) groups is 1. The lowest BCUT2D eigenvalue weighted by molar-refractivity contribution is -0.115. The molecule has 0 aromatic heterocycles. The summed E-state index contributed by atoms with van der Waals surface area (Å²) in [6, 6.07) is 12.5. The van der Waals surface area contributed by atoms with Gasteiger partial charge in [0.25, 0.3) is 0 Å². The predicted molar refractivity (Wildman–Crippen MR) is 99.0 cm³/mol. The summed E-state index contributed by atoms with van der Waals surface area (Å²) in [7, 11) is 4.55. The second kappa shape index (κ2) is 9.18. The average molecular weight is 355 g/mol. The van der Waals surface area contributed by atoms with Gasteiger partial charge in [-0.2, -0.15) is 5.26 Å². The van der Waals surface area contributed by atoms with Crippen LogP contribution in [0.1, 0.15) is 12.0 Å². The van der Waals surface area contributed by atoms with E-state index in [1.165, 1.54) is 21.3 Å². The summed E-state index contributed by atoms with van der Waals surface area (Å²) in [5, 5.41) is 14.8. The maximum atomic E-state index is 12.2. The van der Waals surface area contributed by atoms with Crippen LogP contribution < -0.4 is 24.8 Å². The third-order valence-electron chi connectivity index (χ3n) is 3.62. The molecule has 1 amide bonds. The van der Waals surface area contributed by atoms with E-state index < -0.39 is 0 Å². The molecule has 0 saturated carbocycles. The minimum absolute atomic E-state index is 0.164. The number of carbonyl (C=O) groups excluding carboxylic acids is 1. The van der Waals surface area contributed by atoms with E-state index >= 15 is 0 Å². The van der Waals surface area contributed by atoms with Crippen LogP contribution in [-0.4, -0.2) is 33.8 Å². The molecule has 2 aromatic carbocycles. The van der Waals surface area contributed by atoms with Gasteiger partial charge in [0.1, 0.15) is 0 Å². The Kier molecular flexibility index (Phi) is 6.68. The summed E-state index contributed by atoms with van der Waals surface area (Å²) in [4.78, 5) is 12.2. The van der Waals surface area contributed by atoms with Gasteiger partial charge in [-0.3, -0.25) is 4.79 Å². The molecular formula is C19H21N3O4. The minimum Gasteiger partial charge on any atom is -0.493 e. The van der Waals surface area contributed by atoms with Crippen molar-refractivity contribution in [2.45, 2.75) is 6.42 Å². The lowest BCUT2D eigenvalue weighted by Crippen LogP contribution is -2.16. The second-order valence-corrected chi connectivity index (χ2v) is 5.33. The summed E-state index contributed by atoms with van der Waals surface area (Å²) >= 11 is 0. The number of rotatable bonds is 8. The first-order valence-corrected chi connectivity index (χ1v) is 7.95. The fourth-order valence-corrected chi connectivity index (χ4v) is 2.40. The molecule has 7 nitrogen and oxygen atoms in total. The first kappa shape index (κ1) is 18.9. The van der Waals surface area contributed by atoms with Gasteiger partial charge in [0.2, 0.25) is 11.7 Å². The lowest BCUT2D eigenvalue weighted by atomic mass is 10.2. The van der Waals surface area contributed by atoms with E-state index in [4.69, 9.17) is 19.5 Å². The van der Waals surface area contributed by atoms with Crippen LogP contribution in [0, 0.1) is 11.3 Å². The van der Waals surface area contributed by atoms with E-state index in [-0.39, 0.29) is 12.3 Å². The molecule has 0 unspecified atom stereocenters. The molecule has 0 aliphatic carbocycles. The lowest BCUT2D eigenvalue weighted by Gasteiger charge is -2.14. The number of nitrogens with one attached hydrogen (secondary N) is 2. The molecule has 2 rings (SSSR count). The van der Waals surface area contributed by atoms with Crippen LogP contribution in [0.4, 0.5) is 11.4 Å². The number of amides is 1. The zero-order chi connectivity index (χ0) is 18.9. The van der Waals surface area contributed by atoms with Crippen LogP contribution in [0.25, 0.3) is 0 Å². The highest BCUT2D eigenvalue weighted by Crippen LogP contribution is 2.39. The van der Waals surface area contributed by atoms with Gasteiger partial charge in [0.15, 0.2) is 11.5 Å². The van der Waals surface area contributed by atoms with Crippen LogP contribution in [0.2, 0.25) is 0 Å². The van der Waals surface area contributed by atoms with Crippen molar-refractivity contribution in [1.29, 1.82) is 5.26 Å². The molecular weight excluding hydrogens is 334 g/mol. The Balaban J connectivity index is 1.96. The molecule has 26 heavy (non-hydrogen) atoms. The molecule has 136 valence electrons. The van der Waals surface area contributed by atoms with Gasteiger partial charge in [-0.05, 0) is 18.2 Å². The average Bonchev–Trinajstić information content (AvgIpc) is 2.67. The molecule has 0 aliphatic heterocycles. The standard InChI is InChI=1S/C19H21N3O4/c1-24-16-10-15(11-17(25-2)19(16)26-3)22-18(23)7-8-21-14-6-4-5-13(9-14)12-20/h4-6,9-11,21H,7-8H2,1-3H3,(H,22,23). The number of methoxy groups -OCH3 is 3. The quantitative estimate of drug-likeness (QED) is 0.756. The van der Waals surface area contributed by atoms with Gasteiger partial charge in [-0.1, -0.05) is 6.07 Å². The minimum atomic E-state index is -0.164. The van der Waals surface area contributed by atoms with Crippen molar-refractivity contribution in [1.82, 2.24) is 0 Å². The molecule has 0 radical (unpaired) electrons. The van der Waals surface area contributed by atoms with E-state index in [9.17, 15) is 4.79 Å². The topological polar surface area (TPSA) is 92.6 Å². The summed E-state index contributed by atoms with van der Waals surface area (Å²) in [6.45, 7) is 0.436. The number of nitrogens with zero attached hydrogens (tertiary/aromatic N) is 1. The Morgan fingerprint density at radius 1 is 1.04 bits per heavy atom. The first-order chi connectivity index (χ1) is 12.6. The zero-order valence-electron chi connectivity index (χ0n) is 15.0. The predicted octanol–water partition coefficient (Wildman–Crippen LogP) is 3.02. The third kappa shape index (κ3) is 4.80. The van der Waals surface area contributed by atoms with Gasteiger partial charge in [0.05, 0.1) is 33.0 Å². The normalized spacial score (nSPS) is 9.77. The van der Waals surface area contributed by atoms with Gasteiger partial charge < -0.3 is 24.8 Å². The van der Waals surface area contributed by atoms with Crippen LogP contribution in [-0.2, 0) is 4.79 Å². The van der Waals surface area contributed by atoms with Crippen molar-refractivity contribution in [3.8, 4) is 23.3 Å². The van der Waals surface area contributed by atoms with Gasteiger partial charge in [-0.15, -0.1) is 0 Å². The first-order valence-electron chi connectivity index (χ1n) is 7.95. The molecule has 0 saturated heterocycles. The Morgan fingerprint density at radius 2 is 1.73 bits per heavy atom. The molecule has 0 heterocycles. The Bertz CT molecular complexity index is 790. The molecule has 0 spiro atoms. The van der Waals surface area contributed by atoms with Crippen molar-refractivity contribution < 1.29 is 19.0 Å². The van der Waals surface area contributed by atoms with Crippen LogP contribution >= 0.6 is 0 Å². The van der Waals surface area contributed by atoms with E-state index in [0.717, 1.165) is 5.69 Å². The molecule has 0 bridgehead atoms. The van der Waals surface area contributed by atoms with E-state index in [1.807, 2.05) is 6.07 Å². The molecule has 0 atom stereocenters. The number of benzene rings is 2. The highest BCUT2D eigenvalue weighted by Gasteiger charge is 2.14. The number of hydrogen-bond acceptors (Lipinski definition) is 6. The highest BCUT2D eigenvalue weighted by molar-refractivity contribution is 5.91. The van der Waals surface area contributed by atoms with Crippen molar-refractivity contribution in [2.75, 3.05) is 38.5 Å². The van der Waals surface area contributed by atoms with Crippen molar-refractivity contribution in [3.05, 3.63) is 42.0 Å². The number of anilines is 2. The maximum absolute atomic E-state index is 12.2. The molecule has 0 fully saturated rings. The van der Waals surface area contributed by atoms with Crippen LogP contribution in [0.3, 0.4) is 0 Å². The van der Waals surface area contributed by atoms with Crippen molar-refractivity contribution >= 4 is 17.3 Å². The smallest absolute Gasteiger partial charge is 0.226 e. The summed E-state index contributed by atoms with van der Waals surface area (Å²) in [5.74, 6) is 1.23. The van der Waals surface area contributed by atoms with Crippen molar-refractivity contribution in [3.63, 3.8) is 0 Å². The fourth-order valence-electron chi connectivity index (χ4n) is 2.40. The van der Waals surface area contributed by atoms with Crippen LogP contribution in [0.15, 0.2) is 36.4 Å². The third-order valence-corrected chi connectivity index (χ3v) is 3.62. The summed E-state index contributed by atoms with van der Waals surface area (Å²) in [5.41, 5.74) is 1.91. The van der Waals surface area contributed by atoms with Gasteiger partial charge in [0, 0.05) is 36.5 Å². The Labute approximate surface area is 152 Å². The largest absolute Gasteiger partial charge is 0.493 e. The Hall–Kier alpha value is -3.40. The second-order valence-electron chi connectivity index (χ2n) is 5.33. The van der Waals surface area contributed by atoms with Crippen LogP contribution in [0.5, 0.6) is 17.2 Å². The SMILES string of the molecule is COc1cc(NC(=O)CCNc2cccc(C#N)c2)cc(OC)c1OC. The number of nitriles is 1. The highest BCUT2D eigenvalue weighted by atomic mass is 16.5. The Morgan fingerprint density at radius 3 is 2.31 bits per heavy atom. The molecule has 7 heteroatoms. The fraction of sp³-hybridized carbons (Fsp3) is 0.263. The van der Waals surface area contributed by atoms with E-state index in [1.54, 1.807) is 30.3 Å².